The highest BCUT2D eigenvalue weighted by Crippen LogP contribution is 2.25. The minimum atomic E-state index is -4.33. The molecule has 0 aliphatic heterocycles. The van der Waals surface area contributed by atoms with E-state index in [0.29, 0.717) is 0 Å². The third kappa shape index (κ3) is 3.81. The van der Waals surface area contributed by atoms with E-state index in [0.717, 1.165) is 12.2 Å². The Bertz CT molecular complexity index is 218. The fourth-order valence-electron chi connectivity index (χ4n) is 0.516. The fourth-order valence-corrected chi connectivity index (χ4v) is 0.516. The van der Waals surface area contributed by atoms with E-state index in [-0.39, 0.29) is 0 Å². The van der Waals surface area contributed by atoms with Crippen LogP contribution in [0.2, 0.25) is 0 Å². The van der Waals surface area contributed by atoms with Gasteiger partial charge in [-0.05, 0) is 0 Å². The largest absolute Gasteiger partial charge is 0.416 e. The van der Waals surface area contributed by atoms with Gasteiger partial charge in [-0.1, -0.05) is 43.5 Å². The second kappa shape index (κ2) is 4.59. The van der Waals surface area contributed by atoms with Crippen LogP contribution in [0, 0.1) is 0 Å². The Balaban J connectivity index is 4.55. The molecule has 0 radical (unpaired) electrons. The van der Waals surface area contributed by atoms with Gasteiger partial charge >= 0.3 is 6.18 Å². The van der Waals surface area contributed by atoms with Crippen LogP contribution in [0.25, 0.3) is 0 Å². The van der Waals surface area contributed by atoms with Crippen LogP contribution in [0.5, 0.6) is 0 Å². The van der Waals surface area contributed by atoms with Gasteiger partial charge in [0.05, 0.1) is 5.57 Å². The van der Waals surface area contributed by atoms with Gasteiger partial charge in [-0.2, -0.15) is 13.2 Å². The van der Waals surface area contributed by atoms with Crippen molar-refractivity contribution in [3.63, 3.8) is 0 Å². The van der Waals surface area contributed by atoms with Crippen molar-refractivity contribution in [2.24, 2.45) is 0 Å². The molecule has 0 heterocycles. The number of alkyl halides is 3. The maximum Gasteiger partial charge on any atom is 0.416 e. The van der Waals surface area contributed by atoms with E-state index >= 15 is 0 Å². The highest BCUT2D eigenvalue weighted by molar-refractivity contribution is 5.27. The first kappa shape index (κ1) is 10.8. The van der Waals surface area contributed by atoms with Crippen molar-refractivity contribution in [2.75, 3.05) is 0 Å². The maximum atomic E-state index is 11.9. The summed E-state index contributed by atoms with van der Waals surface area (Å²) in [6.07, 6.45) is 1.45. The third-order valence-electron chi connectivity index (χ3n) is 1.07. The molecule has 0 amide bonds. The fraction of sp³-hybridized carbons (Fsp3) is 0.111. The second-order valence-electron chi connectivity index (χ2n) is 1.94. The summed E-state index contributed by atoms with van der Waals surface area (Å²) in [6.45, 7) is 6.38. The Morgan fingerprint density at radius 3 is 2.00 bits per heavy atom. The molecular weight excluding hydrogens is 165 g/mol. The van der Waals surface area contributed by atoms with Crippen LogP contribution >= 0.6 is 0 Å². The number of hydrogen-bond acceptors (Lipinski definition) is 0. The van der Waals surface area contributed by atoms with E-state index in [9.17, 15) is 13.2 Å². The van der Waals surface area contributed by atoms with Gasteiger partial charge in [0.15, 0.2) is 0 Å². The van der Waals surface area contributed by atoms with Crippen molar-refractivity contribution in [3.05, 3.63) is 49.1 Å². The minimum absolute atomic E-state index is 0.763. The van der Waals surface area contributed by atoms with Gasteiger partial charge in [-0.15, -0.1) is 0 Å². The molecule has 0 aliphatic rings. The zero-order valence-corrected chi connectivity index (χ0v) is 6.43. The van der Waals surface area contributed by atoms with Crippen molar-refractivity contribution in [3.8, 4) is 0 Å². The zero-order valence-electron chi connectivity index (χ0n) is 6.43. The van der Waals surface area contributed by atoms with Gasteiger partial charge in [0.2, 0.25) is 0 Å². The van der Waals surface area contributed by atoms with Crippen LogP contribution in [0.15, 0.2) is 49.1 Å². The molecule has 0 bridgehead atoms. The summed E-state index contributed by atoms with van der Waals surface area (Å²) >= 11 is 0. The van der Waals surface area contributed by atoms with Gasteiger partial charge in [-0.25, -0.2) is 0 Å². The average Bonchev–Trinajstić information content (AvgIpc) is 1.95. The van der Waals surface area contributed by atoms with E-state index in [2.05, 4.69) is 13.2 Å². The molecule has 0 saturated heterocycles. The smallest absolute Gasteiger partial charge is 0.166 e. The van der Waals surface area contributed by atoms with Crippen LogP contribution in [-0.2, 0) is 0 Å². The Labute approximate surface area is 69.4 Å². The van der Waals surface area contributed by atoms with Crippen molar-refractivity contribution in [2.45, 2.75) is 6.18 Å². The minimum Gasteiger partial charge on any atom is -0.166 e. The molecule has 66 valence electrons. The molecule has 0 rings (SSSR count). The van der Waals surface area contributed by atoms with Gasteiger partial charge in [-0.3, -0.25) is 0 Å². The first-order valence-corrected chi connectivity index (χ1v) is 3.21. The Morgan fingerprint density at radius 2 is 1.67 bits per heavy atom. The number of halogens is 3. The Hall–Kier alpha value is -1.25. The molecule has 12 heavy (non-hydrogen) atoms. The third-order valence-corrected chi connectivity index (χ3v) is 1.07. The molecule has 0 spiro atoms. The second-order valence-corrected chi connectivity index (χ2v) is 1.94. The number of hydrogen-bond donors (Lipinski definition) is 0. The van der Waals surface area contributed by atoms with E-state index in [4.69, 9.17) is 0 Å². The summed E-state index contributed by atoms with van der Waals surface area (Å²) in [5, 5.41) is 0. The summed E-state index contributed by atoms with van der Waals surface area (Å²) in [5.74, 6) is 0. The first-order chi connectivity index (χ1) is 5.52. The highest BCUT2D eigenvalue weighted by Gasteiger charge is 2.30. The van der Waals surface area contributed by atoms with E-state index in [1.54, 1.807) is 0 Å². The Morgan fingerprint density at radius 1 is 1.08 bits per heavy atom. The molecule has 0 atom stereocenters. The summed E-state index contributed by atoms with van der Waals surface area (Å²) in [4.78, 5) is 0. The van der Waals surface area contributed by atoms with Gasteiger partial charge in [0.25, 0.3) is 0 Å². The molecule has 0 aromatic heterocycles. The van der Waals surface area contributed by atoms with Crippen molar-refractivity contribution >= 4 is 0 Å². The lowest BCUT2D eigenvalue weighted by Crippen LogP contribution is -2.09. The lowest BCUT2D eigenvalue weighted by atomic mass is 10.2. The normalized spacial score (nSPS) is 13.4. The van der Waals surface area contributed by atoms with Crippen molar-refractivity contribution < 1.29 is 13.2 Å². The summed E-state index contributed by atoms with van der Waals surface area (Å²) < 4.78 is 35.8. The van der Waals surface area contributed by atoms with Crippen LogP contribution in [-0.4, -0.2) is 6.18 Å². The molecule has 0 saturated carbocycles. The molecule has 0 unspecified atom stereocenters. The summed E-state index contributed by atoms with van der Waals surface area (Å²) in [5.41, 5.74) is -0.763. The van der Waals surface area contributed by atoms with Crippen LogP contribution in [0.4, 0.5) is 13.2 Å². The lowest BCUT2D eigenvalue weighted by Gasteiger charge is -2.04. The first-order valence-electron chi connectivity index (χ1n) is 3.21. The maximum absolute atomic E-state index is 11.9. The molecule has 0 aliphatic carbocycles. The molecule has 0 N–H and O–H groups in total. The van der Waals surface area contributed by atoms with Crippen LogP contribution in [0.1, 0.15) is 0 Å². The molecule has 3 heteroatoms. The standard InChI is InChI=1S/C9H9F3/c1-3-5-6-7-8(4-2)9(10,11)12/h3-7H,1-2H2. The SMILES string of the molecule is C=CC=CC=C(C=C)C(F)(F)F. The van der Waals surface area contributed by atoms with E-state index in [1.165, 1.54) is 18.2 Å². The Kier molecular flexibility index (Phi) is 4.11. The molecule has 0 aromatic carbocycles. The van der Waals surface area contributed by atoms with Crippen LogP contribution < -0.4 is 0 Å². The number of rotatable bonds is 3. The molecule has 0 nitrogen and oxygen atoms in total. The predicted octanol–water partition coefficient (Wildman–Crippen LogP) is 3.40. The monoisotopic (exact) mass is 174 g/mol. The molecule has 0 aromatic rings. The summed E-state index contributed by atoms with van der Waals surface area (Å²) in [7, 11) is 0. The highest BCUT2D eigenvalue weighted by atomic mass is 19.4. The van der Waals surface area contributed by atoms with Crippen molar-refractivity contribution in [1.29, 1.82) is 0 Å². The van der Waals surface area contributed by atoms with E-state index in [1.807, 2.05) is 0 Å². The lowest BCUT2D eigenvalue weighted by molar-refractivity contribution is -0.0881. The van der Waals surface area contributed by atoms with Gasteiger partial charge in [0, 0.05) is 0 Å². The topological polar surface area (TPSA) is 0 Å². The zero-order chi connectivity index (χ0) is 9.61. The quantitative estimate of drug-likeness (QED) is 0.575. The predicted molar refractivity (Wildman–Crippen MR) is 43.7 cm³/mol. The van der Waals surface area contributed by atoms with E-state index < -0.39 is 11.7 Å². The van der Waals surface area contributed by atoms with Crippen LogP contribution in [0.3, 0.4) is 0 Å². The molecular formula is C9H9F3. The average molecular weight is 174 g/mol. The van der Waals surface area contributed by atoms with Gasteiger partial charge < -0.3 is 0 Å². The molecule has 0 fully saturated rings. The van der Waals surface area contributed by atoms with Gasteiger partial charge in [0.1, 0.15) is 0 Å². The summed E-state index contributed by atoms with van der Waals surface area (Å²) in [6, 6.07) is 0. The van der Waals surface area contributed by atoms with Crippen molar-refractivity contribution in [1.82, 2.24) is 0 Å². The number of allylic oxidation sites excluding steroid dienone is 6.